The molecule has 0 saturated carbocycles. The number of fused-ring (bicyclic) bond motifs is 3. The topological polar surface area (TPSA) is 74.4 Å². The molecule has 4 rings (SSSR count). The number of nitrogens with zero attached hydrogens (tertiary/aromatic N) is 5. The summed E-state index contributed by atoms with van der Waals surface area (Å²) in [6.45, 7) is 1.74. The Hall–Kier alpha value is -3.36. The van der Waals surface area contributed by atoms with Crippen molar-refractivity contribution in [1.29, 1.82) is 0 Å². The molecule has 0 unspecified atom stereocenters. The predicted molar refractivity (Wildman–Crippen MR) is 103 cm³/mol. The molecule has 3 aromatic heterocycles. The van der Waals surface area contributed by atoms with Crippen molar-refractivity contribution in [3.8, 4) is 23.0 Å². The van der Waals surface area contributed by atoms with Crippen molar-refractivity contribution in [3.63, 3.8) is 0 Å². The Kier molecular flexibility index (Phi) is 5.20. The molecule has 9 heteroatoms. The Balaban J connectivity index is 1.86. The first-order valence-electron chi connectivity index (χ1n) is 9.17. The van der Waals surface area contributed by atoms with Gasteiger partial charge in [-0.2, -0.15) is 4.98 Å². The summed E-state index contributed by atoms with van der Waals surface area (Å²) in [6, 6.07) is 7.84. The van der Waals surface area contributed by atoms with E-state index < -0.39 is 5.82 Å². The zero-order valence-corrected chi connectivity index (χ0v) is 16.0. The largest absolute Gasteiger partial charge is 0.494 e. The van der Waals surface area contributed by atoms with E-state index in [2.05, 4.69) is 20.2 Å². The normalized spacial score (nSPS) is 11.3. The Morgan fingerprint density at radius 2 is 1.90 bits per heavy atom. The lowest BCUT2D eigenvalue weighted by atomic mass is 10.2. The number of benzene rings is 1. The van der Waals surface area contributed by atoms with Crippen LogP contribution in [-0.4, -0.2) is 45.0 Å². The molecule has 0 aliphatic heterocycles. The van der Waals surface area contributed by atoms with Gasteiger partial charge in [0.05, 0.1) is 31.6 Å². The monoisotopic (exact) mass is 398 g/mol. The number of imidazole rings is 1. The number of alkyl halides is 1. The van der Waals surface area contributed by atoms with Gasteiger partial charge >= 0.3 is 0 Å². The third-order valence-corrected chi connectivity index (χ3v) is 4.50. The van der Waals surface area contributed by atoms with Gasteiger partial charge in [-0.25, -0.2) is 9.37 Å². The predicted octanol–water partition coefficient (Wildman–Crippen LogP) is 3.92. The molecule has 29 heavy (non-hydrogen) atoms. The quantitative estimate of drug-likeness (QED) is 0.439. The minimum Gasteiger partial charge on any atom is -0.494 e. The first-order valence-corrected chi connectivity index (χ1v) is 9.17. The first kappa shape index (κ1) is 19.0. The Labute approximate surface area is 165 Å². The molecule has 0 radical (unpaired) electrons. The molecule has 3 heterocycles. The fourth-order valence-corrected chi connectivity index (χ4v) is 3.05. The zero-order chi connectivity index (χ0) is 20.4. The van der Waals surface area contributed by atoms with E-state index in [1.165, 1.54) is 19.2 Å². The van der Waals surface area contributed by atoms with Gasteiger partial charge in [-0.05, 0) is 44.0 Å². The van der Waals surface area contributed by atoms with Crippen LogP contribution in [0.2, 0.25) is 0 Å². The molecule has 0 N–H and O–H groups in total. The maximum Gasteiger partial charge on any atom is 0.215 e. The molecule has 0 aliphatic rings. The Bertz CT molecular complexity index is 1180. The van der Waals surface area contributed by atoms with E-state index in [1.807, 2.05) is 0 Å². The van der Waals surface area contributed by atoms with Gasteiger partial charge in [-0.3, -0.25) is 8.79 Å². The molecule has 4 aromatic rings. The van der Waals surface area contributed by atoms with E-state index in [9.17, 15) is 8.78 Å². The second-order valence-electron chi connectivity index (χ2n) is 6.46. The second kappa shape index (κ2) is 7.94. The molecular formula is C20H19F2N5O2. The van der Waals surface area contributed by atoms with Crippen LogP contribution in [0.4, 0.5) is 8.78 Å². The van der Waals surface area contributed by atoms with E-state index in [1.54, 1.807) is 29.5 Å². The summed E-state index contributed by atoms with van der Waals surface area (Å²) in [5, 5.41) is 8.39. The van der Waals surface area contributed by atoms with Crippen LogP contribution >= 0.6 is 0 Å². The van der Waals surface area contributed by atoms with Gasteiger partial charge in [0, 0.05) is 6.07 Å². The van der Waals surface area contributed by atoms with Gasteiger partial charge in [0.15, 0.2) is 17.1 Å². The summed E-state index contributed by atoms with van der Waals surface area (Å²) in [5.74, 6) is 0.756. The molecular weight excluding hydrogens is 379 g/mol. The van der Waals surface area contributed by atoms with Crippen LogP contribution in [-0.2, 0) is 0 Å². The SMILES string of the molecule is COc1ccc2nnc3c(C)nc(-c4cc(OCCCC[18F])ccc4F)n3c2n1. The highest BCUT2D eigenvalue weighted by Gasteiger charge is 2.19. The van der Waals surface area contributed by atoms with Gasteiger partial charge in [0.1, 0.15) is 17.1 Å². The van der Waals surface area contributed by atoms with Crippen molar-refractivity contribution >= 4 is 16.8 Å². The van der Waals surface area contributed by atoms with Crippen molar-refractivity contribution in [2.75, 3.05) is 20.4 Å². The minimum atomic E-state index is -0.458. The van der Waals surface area contributed by atoms with Crippen LogP contribution in [0.1, 0.15) is 18.5 Å². The molecule has 0 fully saturated rings. The summed E-state index contributed by atoms with van der Waals surface area (Å²) < 4.78 is 39.5. The van der Waals surface area contributed by atoms with Crippen LogP contribution in [0.3, 0.4) is 0 Å². The standard InChI is InChI=1S/C20H19F2N5O2/c1-12-18-26-25-16-7-8-17(28-2)24-20(16)27(18)19(23-12)14-11-13(5-6-15(14)22)29-10-4-3-9-21/h5-8,11H,3-4,9-10H2,1-2H3/i21-1. The average molecular weight is 398 g/mol. The lowest BCUT2D eigenvalue weighted by Gasteiger charge is -2.09. The van der Waals surface area contributed by atoms with E-state index in [0.717, 1.165) is 0 Å². The van der Waals surface area contributed by atoms with Crippen LogP contribution in [0.5, 0.6) is 11.6 Å². The average Bonchev–Trinajstić information content (AvgIpc) is 3.08. The summed E-state index contributed by atoms with van der Waals surface area (Å²) in [5.41, 5.74) is 2.29. The number of aromatic nitrogens is 5. The van der Waals surface area contributed by atoms with Crippen molar-refractivity contribution < 1.29 is 18.3 Å². The molecule has 0 atom stereocenters. The van der Waals surface area contributed by atoms with Crippen molar-refractivity contribution in [1.82, 2.24) is 24.6 Å². The zero-order valence-electron chi connectivity index (χ0n) is 16.0. The third kappa shape index (κ3) is 3.55. The lowest BCUT2D eigenvalue weighted by molar-refractivity contribution is 0.297. The van der Waals surface area contributed by atoms with E-state index >= 15 is 0 Å². The van der Waals surface area contributed by atoms with Gasteiger partial charge in [-0.15, -0.1) is 10.2 Å². The summed E-state index contributed by atoms with van der Waals surface area (Å²) in [7, 11) is 1.52. The Morgan fingerprint density at radius 1 is 1.03 bits per heavy atom. The maximum atomic E-state index is 14.7. The van der Waals surface area contributed by atoms with Gasteiger partial charge in [0.2, 0.25) is 5.88 Å². The number of methoxy groups -OCH3 is 1. The van der Waals surface area contributed by atoms with Gasteiger partial charge in [-0.1, -0.05) is 0 Å². The van der Waals surface area contributed by atoms with Gasteiger partial charge in [0.25, 0.3) is 0 Å². The molecule has 0 aliphatic carbocycles. The number of unbranched alkanes of at least 4 members (excludes halogenated alkanes) is 1. The highest BCUT2D eigenvalue weighted by atomic mass is 19.1. The molecule has 1 aromatic carbocycles. The second-order valence-corrected chi connectivity index (χ2v) is 6.46. The fraction of sp³-hybridized carbons (Fsp3) is 0.300. The van der Waals surface area contributed by atoms with Crippen molar-refractivity contribution in [3.05, 3.63) is 41.8 Å². The molecule has 0 spiro atoms. The van der Waals surface area contributed by atoms with Crippen molar-refractivity contribution in [2.45, 2.75) is 19.8 Å². The van der Waals surface area contributed by atoms with E-state index in [0.29, 0.717) is 59.4 Å². The van der Waals surface area contributed by atoms with Gasteiger partial charge < -0.3 is 9.47 Å². The van der Waals surface area contributed by atoms with Crippen LogP contribution < -0.4 is 9.47 Å². The molecule has 150 valence electrons. The first-order chi connectivity index (χ1) is 14.1. The highest BCUT2D eigenvalue weighted by Crippen LogP contribution is 2.30. The molecule has 0 amide bonds. The molecule has 0 saturated heterocycles. The molecule has 7 nitrogen and oxygen atoms in total. The number of pyridine rings is 1. The van der Waals surface area contributed by atoms with E-state index in [4.69, 9.17) is 9.47 Å². The smallest absolute Gasteiger partial charge is 0.215 e. The number of ether oxygens (including phenoxy) is 2. The van der Waals surface area contributed by atoms with Crippen LogP contribution in [0.15, 0.2) is 30.3 Å². The van der Waals surface area contributed by atoms with Crippen LogP contribution in [0.25, 0.3) is 28.2 Å². The number of hydrogen-bond donors (Lipinski definition) is 0. The maximum absolute atomic E-state index is 14.7. The molecule has 0 bridgehead atoms. The fourth-order valence-electron chi connectivity index (χ4n) is 3.05. The lowest BCUT2D eigenvalue weighted by Crippen LogP contribution is -2.02. The highest BCUT2D eigenvalue weighted by molar-refractivity contribution is 5.78. The van der Waals surface area contributed by atoms with Crippen molar-refractivity contribution in [2.24, 2.45) is 0 Å². The van der Waals surface area contributed by atoms with E-state index in [-0.39, 0.29) is 12.2 Å². The summed E-state index contributed by atoms with van der Waals surface area (Å²) >= 11 is 0. The number of hydrogen-bond acceptors (Lipinski definition) is 6. The number of aryl methyl sites for hydroxylation is 1. The summed E-state index contributed by atoms with van der Waals surface area (Å²) in [6.07, 6.45) is 1.01. The Morgan fingerprint density at radius 3 is 2.69 bits per heavy atom. The minimum absolute atomic E-state index is 0.245. The number of halogens is 2. The third-order valence-electron chi connectivity index (χ3n) is 4.50. The number of rotatable bonds is 7. The van der Waals surface area contributed by atoms with Crippen LogP contribution in [0, 0.1) is 12.7 Å². The summed E-state index contributed by atoms with van der Waals surface area (Å²) in [4.78, 5) is 8.96.